The number of aromatic nitrogens is 1. The van der Waals surface area contributed by atoms with Gasteiger partial charge in [-0.25, -0.2) is 13.4 Å². The number of rotatable bonds is 5. The molecule has 1 heterocycles. The van der Waals surface area contributed by atoms with Crippen molar-refractivity contribution in [2.24, 2.45) is 0 Å². The van der Waals surface area contributed by atoms with Crippen LogP contribution >= 0.6 is 11.3 Å². The van der Waals surface area contributed by atoms with Crippen molar-refractivity contribution in [3.8, 4) is 0 Å². The van der Waals surface area contributed by atoms with Crippen LogP contribution in [-0.2, 0) is 15.6 Å². The first-order valence-corrected chi connectivity index (χ1v) is 11.4. The highest BCUT2D eigenvalue weighted by Gasteiger charge is 2.16. The van der Waals surface area contributed by atoms with Crippen molar-refractivity contribution >= 4 is 42.4 Å². The summed E-state index contributed by atoms with van der Waals surface area (Å²) in [4.78, 5) is 17.3. The molecule has 7 heteroatoms. The molecule has 0 aliphatic rings. The quantitative estimate of drug-likeness (QED) is 0.500. The van der Waals surface area contributed by atoms with E-state index in [0.29, 0.717) is 16.3 Å². The van der Waals surface area contributed by atoms with E-state index < -0.39 is 9.84 Å². The van der Waals surface area contributed by atoms with Gasteiger partial charge in [-0.05, 0) is 54.4 Å². The molecule has 1 aromatic heterocycles. The summed E-state index contributed by atoms with van der Waals surface area (Å²) in [5, 5.41) is 3.32. The van der Waals surface area contributed by atoms with Crippen molar-refractivity contribution in [2.45, 2.75) is 17.6 Å². The van der Waals surface area contributed by atoms with Crippen LogP contribution in [-0.4, -0.2) is 19.3 Å². The van der Waals surface area contributed by atoms with Gasteiger partial charge in [-0.2, -0.15) is 0 Å². The first kappa shape index (κ1) is 19.3. The second-order valence-corrected chi connectivity index (χ2v) is 9.74. The average molecular weight is 423 g/mol. The summed E-state index contributed by atoms with van der Waals surface area (Å²) in [6, 6.07) is 20.9. The molecule has 1 amide bonds. The summed E-state index contributed by atoms with van der Waals surface area (Å²) in [5.74, 6) is -0.488. The predicted octanol–water partition coefficient (Wildman–Crippen LogP) is 4.83. The Morgan fingerprint density at radius 3 is 2.59 bits per heavy atom. The van der Waals surface area contributed by atoms with E-state index in [4.69, 9.17) is 0 Å². The van der Waals surface area contributed by atoms with Gasteiger partial charge in [0.25, 0.3) is 5.91 Å². The molecule has 3 aromatic carbocycles. The minimum atomic E-state index is -3.48. The summed E-state index contributed by atoms with van der Waals surface area (Å²) in [6.45, 7) is 2.01. The number of amides is 1. The summed E-state index contributed by atoms with van der Waals surface area (Å²) >= 11 is 1.41. The maximum Gasteiger partial charge on any atom is 0.257 e. The number of benzene rings is 3. The molecule has 0 saturated carbocycles. The fourth-order valence-corrected chi connectivity index (χ4v) is 5.30. The number of thiazole rings is 1. The first-order valence-electron chi connectivity index (χ1n) is 8.96. The van der Waals surface area contributed by atoms with Gasteiger partial charge in [0.15, 0.2) is 15.0 Å². The van der Waals surface area contributed by atoms with Crippen LogP contribution in [0.5, 0.6) is 0 Å². The number of hydrogen-bond acceptors (Lipinski definition) is 5. The van der Waals surface area contributed by atoms with Crippen molar-refractivity contribution in [3.05, 3.63) is 89.5 Å². The highest BCUT2D eigenvalue weighted by atomic mass is 32.2. The molecule has 0 aliphatic heterocycles. The third-order valence-electron chi connectivity index (χ3n) is 4.41. The molecule has 4 aromatic rings. The number of aryl methyl sites for hydroxylation is 1. The maximum atomic E-state index is 12.7. The molecule has 4 rings (SSSR count). The fraction of sp³-hybridized carbons (Fsp3) is 0.0909. The number of sulfone groups is 1. The molecule has 1 N–H and O–H groups in total. The number of carbonyl (C=O) groups is 1. The average Bonchev–Trinajstić information content (AvgIpc) is 3.10. The molecule has 29 heavy (non-hydrogen) atoms. The lowest BCUT2D eigenvalue weighted by Crippen LogP contribution is -2.12. The van der Waals surface area contributed by atoms with Gasteiger partial charge in [-0.1, -0.05) is 47.7 Å². The Labute approximate surface area is 173 Å². The van der Waals surface area contributed by atoms with E-state index in [1.165, 1.54) is 11.3 Å². The second-order valence-electron chi connectivity index (χ2n) is 6.72. The van der Waals surface area contributed by atoms with Gasteiger partial charge in [0.1, 0.15) is 0 Å². The van der Waals surface area contributed by atoms with Crippen molar-refractivity contribution in [2.75, 3.05) is 5.32 Å². The van der Waals surface area contributed by atoms with Crippen molar-refractivity contribution in [1.82, 2.24) is 4.98 Å². The van der Waals surface area contributed by atoms with Crippen LogP contribution in [0.2, 0.25) is 0 Å². The molecule has 0 aliphatic carbocycles. The van der Waals surface area contributed by atoms with E-state index in [-0.39, 0.29) is 16.6 Å². The lowest BCUT2D eigenvalue weighted by Gasteiger charge is -2.07. The normalized spacial score (nSPS) is 11.5. The summed E-state index contributed by atoms with van der Waals surface area (Å²) in [7, 11) is -3.48. The predicted molar refractivity (Wildman–Crippen MR) is 116 cm³/mol. The third kappa shape index (κ3) is 4.36. The molecule has 0 saturated heterocycles. The zero-order valence-corrected chi connectivity index (χ0v) is 17.3. The van der Waals surface area contributed by atoms with Gasteiger partial charge in [0.2, 0.25) is 0 Å². The Hall–Kier alpha value is -3.03. The van der Waals surface area contributed by atoms with Crippen LogP contribution in [0.15, 0.2) is 77.7 Å². The standard InChI is InChI=1S/C22H18N2O3S2/c1-15-10-11-19-20(12-15)28-22(23-19)24-21(25)17-7-5-6-16(13-17)14-29(26,27)18-8-3-2-4-9-18/h2-13H,14H2,1H3,(H,23,24,25). The molecule has 0 radical (unpaired) electrons. The lowest BCUT2D eigenvalue weighted by molar-refractivity contribution is 0.102. The van der Waals surface area contributed by atoms with E-state index in [1.54, 1.807) is 54.6 Å². The van der Waals surface area contributed by atoms with Gasteiger partial charge < -0.3 is 0 Å². The monoisotopic (exact) mass is 422 g/mol. The van der Waals surface area contributed by atoms with Crippen LogP contribution in [0.4, 0.5) is 5.13 Å². The number of nitrogens with one attached hydrogen (secondary N) is 1. The third-order valence-corrected chi connectivity index (χ3v) is 7.05. The Balaban J connectivity index is 1.54. The number of carbonyl (C=O) groups excluding carboxylic acids is 1. The minimum absolute atomic E-state index is 0.168. The zero-order chi connectivity index (χ0) is 20.4. The number of anilines is 1. The smallest absolute Gasteiger partial charge is 0.257 e. The molecule has 0 fully saturated rings. The second kappa shape index (κ2) is 7.77. The van der Waals surface area contributed by atoms with Crippen LogP contribution < -0.4 is 5.32 Å². The maximum absolute atomic E-state index is 12.7. The molecular formula is C22H18N2O3S2. The van der Waals surface area contributed by atoms with Crippen LogP contribution in [0.1, 0.15) is 21.5 Å². The van der Waals surface area contributed by atoms with Gasteiger partial charge >= 0.3 is 0 Å². The SMILES string of the molecule is Cc1ccc2nc(NC(=O)c3cccc(CS(=O)(=O)c4ccccc4)c3)sc2c1. The summed E-state index contributed by atoms with van der Waals surface area (Å²) in [6.07, 6.45) is 0. The number of hydrogen-bond donors (Lipinski definition) is 1. The van der Waals surface area contributed by atoms with Crippen molar-refractivity contribution in [1.29, 1.82) is 0 Å². The fourth-order valence-electron chi connectivity index (χ4n) is 2.99. The molecular weight excluding hydrogens is 404 g/mol. The summed E-state index contributed by atoms with van der Waals surface area (Å²) < 4.78 is 26.2. The number of nitrogens with zero attached hydrogens (tertiary/aromatic N) is 1. The van der Waals surface area contributed by atoms with Gasteiger partial charge in [0.05, 0.1) is 20.9 Å². The Kier molecular flexibility index (Phi) is 5.17. The topological polar surface area (TPSA) is 76.1 Å². The minimum Gasteiger partial charge on any atom is -0.298 e. The summed E-state index contributed by atoms with van der Waals surface area (Å²) in [5.41, 5.74) is 2.91. The van der Waals surface area contributed by atoms with E-state index in [1.807, 2.05) is 25.1 Å². The first-order chi connectivity index (χ1) is 13.9. The van der Waals surface area contributed by atoms with E-state index in [2.05, 4.69) is 10.3 Å². The molecule has 0 spiro atoms. The lowest BCUT2D eigenvalue weighted by atomic mass is 10.1. The van der Waals surface area contributed by atoms with Crippen LogP contribution in [0, 0.1) is 6.92 Å². The molecule has 0 atom stereocenters. The van der Waals surface area contributed by atoms with Gasteiger partial charge in [-0.3, -0.25) is 10.1 Å². The Bertz CT molecular complexity index is 1300. The van der Waals surface area contributed by atoms with Crippen LogP contribution in [0.25, 0.3) is 10.2 Å². The van der Waals surface area contributed by atoms with Crippen molar-refractivity contribution < 1.29 is 13.2 Å². The number of fused-ring (bicyclic) bond motifs is 1. The van der Waals surface area contributed by atoms with E-state index >= 15 is 0 Å². The van der Waals surface area contributed by atoms with Crippen LogP contribution in [0.3, 0.4) is 0 Å². The van der Waals surface area contributed by atoms with E-state index in [0.717, 1.165) is 15.8 Å². The molecule has 0 bridgehead atoms. The van der Waals surface area contributed by atoms with E-state index in [9.17, 15) is 13.2 Å². The van der Waals surface area contributed by atoms with Crippen molar-refractivity contribution in [3.63, 3.8) is 0 Å². The molecule has 0 unspecified atom stereocenters. The molecule has 146 valence electrons. The van der Waals surface area contributed by atoms with Gasteiger partial charge in [0, 0.05) is 5.56 Å². The van der Waals surface area contributed by atoms with Gasteiger partial charge in [-0.15, -0.1) is 0 Å². The largest absolute Gasteiger partial charge is 0.298 e. The highest BCUT2D eigenvalue weighted by molar-refractivity contribution is 7.90. The Morgan fingerprint density at radius 2 is 1.79 bits per heavy atom. The highest BCUT2D eigenvalue weighted by Crippen LogP contribution is 2.27. The zero-order valence-electron chi connectivity index (χ0n) is 15.6. The Morgan fingerprint density at radius 1 is 1.00 bits per heavy atom. The molecule has 5 nitrogen and oxygen atoms in total.